The van der Waals surface area contributed by atoms with Crippen LogP contribution in [-0.4, -0.2) is 22.2 Å². The van der Waals surface area contributed by atoms with Gasteiger partial charge >= 0.3 is 0 Å². The molecule has 5 heteroatoms. The number of aryl methyl sites for hydroxylation is 1. The molecule has 0 aliphatic carbocycles. The van der Waals surface area contributed by atoms with E-state index < -0.39 is 0 Å². The maximum absolute atomic E-state index is 11.7. The lowest BCUT2D eigenvalue weighted by atomic mass is 10.2. The Labute approximate surface area is 96.0 Å². The monoisotopic (exact) mass is 224 g/mol. The van der Waals surface area contributed by atoms with Gasteiger partial charge in [-0.2, -0.15) is 5.10 Å². The van der Waals surface area contributed by atoms with Crippen molar-refractivity contribution >= 4 is 11.7 Å². The molecule has 1 aromatic heterocycles. The fourth-order valence-corrected chi connectivity index (χ4v) is 1.35. The van der Waals surface area contributed by atoms with Crippen LogP contribution in [0.25, 0.3) is 0 Å². The van der Waals surface area contributed by atoms with Gasteiger partial charge in [0.1, 0.15) is 5.56 Å². The van der Waals surface area contributed by atoms with Gasteiger partial charge in [-0.1, -0.05) is 20.8 Å². The van der Waals surface area contributed by atoms with Gasteiger partial charge < -0.3 is 11.1 Å². The van der Waals surface area contributed by atoms with E-state index in [9.17, 15) is 4.79 Å². The number of hydrogen-bond acceptors (Lipinski definition) is 3. The highest BCUT2D eigenvalue weighted by molar-refractivity contribution is 5.98. The lowest BCUT2D eigenvalue weighted by Gasteiger charge is -2.06. The highest BCUT2D eigenvalue weighted by Gasteiger charge is 2.13. The van der Waals surface area contributed by atoms with Gasteiger partial charge in [0.05, 0.1) is 0 Å². The molecule has 90 valence electrons. The highest BCUT2D eigenvalue weighted by Crippen LogP contribution is 2.09. The normalized spacial score (nSPS) is 10.8. The SMILES string of the molecule is CCCn1cc(C(=O)NCC(C)C)c(N)n1. The lowest BCUT2D eigenvalue weighted by molar-refractivity contribution is 0.0950. The third kappa shape index (κ3) is 3.25. The first-order chi connectivity index (χ1) is 7.54. The van der Waals surface area contributed by atoms with Gasteiger partial charge in [0.15, 0.2) is 5.82 Å². The Kier molecular flexibility index (Phi) is 4.34. The molecule has 0 bridgehead atoms. The smallest absolute Gasteiger partial charge is 0.256 e. The fraction of sp³-hybridized carbons (Fsp3) is 0.636. The van der Waals surface area contributed by atoms with E-state index in [-0.39, 0.29) is 5.91 Å². The zero-order chi connectivity index (χ0) is 12.1. The van der Waals surface area contributed by atoms with Crippen LogP contribution in [0.3, 0.4) is 0 Å². The van der Waals surface area contributed by atoms with Crippen LogP contribution in [-0.2, 0) is 6.54 Å². The van der Waals surface area contributed by atoms with E-state index in [1.807, 2.05) is 13.8 Å². The Hall–Kier alpha value is -1.52. The van der Waals surface area contributed by atoms with Gasteiger partial charge in [-0.15, -0.1) is 0 Å². The maximum Gasteiger partial charge on any atom is 0.256 e. The molecule has 1 amide bonds. The third-order valence-electron chi connectivity index (χ3n) is 2.16. The Morgan fingerprint density at radius 1 is 1.62 bits per heavy atom. The molecule has 0 spiro atoms. The van der Waals surface area contributed by atoms with Crippen LogP contribution in [0.1, 0.15) is 37.6 Å². The average Bonchev–Trinajstić information content (AvgIpc) is 2.56. The Morgan fingerprint density at radius 3 is 2.88 bits per heavy atom. The van der Waals surface area contributed by atoms with Crippen molar-refractivity contribution < 1.29 is 4.79 Å². The van der Waals surface area contributed by atoms with E-state index >= 15 is 0 Å². The summed E-state index contributed by atoms with van der Waals surface area (Å²) < 4.78 is 1.71. The van der Waals surface area contributed by atoms with Gasteiger partial charge in [0.25, 0.3) is 5.91 Å². The molecule has 0 radical (unpaired) electrons. The zero-order valence-electron chi connectivity index (χ0n) is 10.2. The molecule has 0 unspecified atom stereocenters. The van der Waals surface area contributed by atoms with Crippen molar-refractivity contribution in [2.75, 3.05) is 12.3 Å². The molecule has 3 N–H and O–H groups in total. The molecule has 0 aromatic carbocycles. The van der Waals surface area contributed by atoms with Crippen molar-refractivity contribution in [3.63, 3.8) is 0 Å². The molecule has 1 rings (SSSR count). The number of nitrogens with zero attached hydrogens (tertiary/aromatic N) is 2. The number of aromatic nitrogens is 2. The summed E-state index contributed by atoms with van der Waals surface area (Å²) in [5, 5.41) is 6.90. The summed E-state index contributed by atoms with van der Waals surface area (Å²) in [7, 11) is 0. The van der Waals surface area contributed by atoms with Crippen LogP contribution in [0.2, 0.25) is 0 Å². The second-order valence-electron chi connectivity index (χ2n) is 4.29. The second-order valence-corrected chi connectivity index (χ2v) is 4.29. The minimum atomic E-state index is -0.145. The van der Waals surface area contributed by atoms with E-state index in [2.05, 4.69) is 17.3 Å². The summed E-state index contributed by atoms with van der Waals surface area (Å²) in [4.78, 5) is 11.7. The predicted molar refractivity (Wildman–Crippen MR) is 64.1 cm³/mol. The van der Waals surface area contributed by atoms with Crippen LogP contribution >= 0.6 is 0 Å². The highest BCUT2D eigenvalue weighted by atomic mass is 16.1. The van der Waals surface area contributed by atoms with Gasteiger partial charge in [-0.3, -0.25) is 9.48 Å². The molecule has 0 fully saturated rings. The predicted octanol–water partition coefficient (Wildman–Crippen LogP) is 1.26. The van der Waals surface area contributed by atoms with E-state index in [0.29, 0.717) is 23.8 Å². The first kappa shape index (κ1) is 12.5. The van der Waals surface area contributed by atoms with Crippen LogP contribution in [0.15, 0.2) is 6.20 Å². The van der Waals surface area contributed by atoms with Crippen molar-refractivity contribution in [3.8, 4) is 0 Å². The standard InChI is InChI=1S/C11H20N4O/c1-4-5-15-7-9(10(12)14-15)11(16)13-6-8(2)3/h7-8H,4-6H2,1-3H3,(H2,12,14)(H,13,16). The molecule has 0 aliphatic heterocycles. The number of nitrogen functional groups attached to an aromatic ring is 1. The van der Waals surface area contributed by atoms with Crippen LogP contribution < -0.4 is 11.1 Å². The van der Waals surface area contributed by atoms with Crippen LogP contribution in [0.4, 0.5) is 5.82 Å². The lowest BCUT2D eigenvalue weighted by Crippen LogP contribution is -2.27. The van der Waals surface area contributed by atoms with Crippen molar-refractivity contribution in [2.45, 2.75) is 33.7 Å². The van der Waals surface area contributed by atoms with E-state index in [4.69, 9.17) is 5.73 Å². The third-order valence-corrected chi connectivity index (χ3v) is 2.16. The van der Waals surface area contributed by atoms with E-state index in [1.165, 1.54) is 0 Å². The topological polar surface area (TPSA) is 72.9 Å². The minimum Gasteiger partial charge on any atom is -0.382 e. The summed E-state index contributed by atoms with van der Waals surface area (Å²) in [5.74, 6) is 0.583. The van der Waals surface area contributed by atoms with Crippen molar-refractivity contribution in [1.29, 1.82) is 0 Å². The molecule has 16 heavy (non-hydrogen) atoms. The van der Waals surface area contributed by atoms with Gasteiger partial charge in [-0.05, 0) is 12.3 Å². The first-order valence-electron chi connectivity index (χ1n) is 5.65. The molecule has 0 saturated carbocycles. The number of carbonyl (C=O) groups is 1. The number of nitrogens with one attached hydrogen (secondary N) is 1. The van der Waals surface area contributed by atoms with Gasteiger partial charge in [0.2, 0.25) is 0 Å². The number of carbonyl (C=O) groups excluding carboxylic acids is 1. The summed E-state index contributed by atoms with van der Waals surface area (Å²) in [6, 6.07) is 0. The Balaban J connectivity index is 2.67. The number of amides is 1. The largest absolute Gasteiger partial charge is 0.382 e. The molecule has 5 nitrogen and oxygen atoms in total. The molecule has 0 aliphatic rings. The molecule has 1 heterocycles. The number of hydrogen-bond donors (Lipinski definition) is 2. The molecular formula is C11H20N4O. The number of rotatable bonds is 5. The summed E-state index contributed by atoms with van der Waals surface area (Å²) in [6.45, 7) is 7.57. The number of anilines is 1. The van der Waals surface area contributed by atoms with Crippen molar-refractivity contribution in [1.82, 2.24) is 15.1 Å². The average molecular weight is 224 g/mol. The summed E-state index contributed by atoms with van der Waals surface area (Å²) in [5.41, 5.74) is 6.15. The van der Waals surface area contributed by atoms with Crippen molar-refractivity contribution in [2.24, 2.45) is 5.92 Å². The minimum absolute atomic E-state index is 0.145. The second kappa shape index (κ2) is 5.53. The molecule has 0 saturated heterocycles. The van der Waals surface area contributed by atoms with Gasteiger partial charge in [-0.25, -0.2) is 0 Å². The number of nitrogens with two attached hydrogens (primary N) is 1. The quantitative estimate of drug-likeness (QED) is 0.790. The van der Waals surface area contributed by atoms with Gasteiger partial charge in [0, 0.05) is 19.3 Å². The Bertz CT molecular complexity index is 357. The Morgan fingerprint density at radius 2 is 2.31 bits per heavy atom. The molecular weight excluding hydrogens is 204 g/mol. The molecule has 0 atom stereocenters. The maximum atomic E-state index is 11.7. The summed E-state index contributed by atoms with van der Waals surface area (Å²) in [6.07, 6.45) is 2.67. The van der Waals surface area contributed by atoms with Crippen LogP contribution in [0, 0.1) is 5.92 Å². The molecule has 1 aromatic rings. The van der Waals surface area contributed by atoms with E-state index in [0.717, 1.165) is 13.0 Å². The van der Waals surface area contributed by atoms with Crippen LogP contribution in [0.5, 0.6) is 0 Å². The first-order valence-corrected chi connectivity index (χ1v) is 5.65. The van der Waals surface area contributed by atoms with E-state index in [1.54, 1.807) is 10.9 Å². The summed E-state index contributed by atoms with van der Waals surface area (Å²) >= 11 is 0. The van der Waals surface area contributed by atoms with Crippen molar-refractivity contribution in [3.05, 3.63) is 11.8 Å². The zero-order valence-corrected chi connectivity index (χ0v) is 10.2. The fourth-order valence-electron chi connectivity index (χ4n) is 1.35.